The molecule has 0 atom stereocenters. The Hall–Kier alpha value is -3.09. The molecule has 0 unspecified atom stereocenters. The Morgan fingerprint density at radius 1 is 0.917 bits per heavy atom. The zero-order chi connectivity index (χ0) is 24.9. The van der Waals surface area contributed by atoms with Crippen LogP contribution in [0.2, 0.25) is 10.0 Å². The molecule has 1 heterocycles. The molecule has 1 aliphatic heterocycles. The van der Waals surface area contributed by atoms with Crippen molar-refractivity contribution in [3.8, 4) is 16.9 Å². The van der Waals surface area contributed by atoms with Crippen LogP contribution in [0.5, 0.6) is 5.75 Å². The number of nitrogens with zero attached hydrogens (tertiary/aromatic N) is 1. The van der Waals surface area contributed by atoms with Gasteiger partial charge in [-0.1, -0.05) is 59.6 Å². The molecule has 184 valence electrons. The third kappa shape index (κ3) is 5.66. The fourth-order valence-corrected chi connectivity index (χ4v) is 4.76. The molecular weight excluding hydrogens is 495 g/mol. The quantitative estimate of drug-likeness (QED) is 0.292. The van der Waals surface area contributed by atoms with Gasteiger partial charge in [-0.05, 0) is 48.0 Å². The van der Waals surface area contributed by atoms with E-state index in [4.69, 9.17) is 32.7 Å². The molecule has 4 aromatic carbocycles. The van der Waals surface area contributed by atoms with E-state index in [0.717, 1.165) is 66.2 Å². The Balaban J connectivity index is 1.34. The van der Waals surface area contributed by atoms with E-state index in [-0.39, 0.29) is 5.91 Å². The molecule has 0 bridgehead atoms. The Kier molecular flexibility index (Phi) is 7.73. The average molecular weight is 521 g/mol. The summed E-state index contributed by atoms with van der Waals surface area (Å²) >= 11 is 12.5. The van der Waals surface area contributed by atoms with Gasteiger partial charge in [0.25, 0.3) is 5.91 Å². The average Bonchev–Trinajstić information content (AvgIpc) is 2.92. The first kappa shape index (κ1) is 24.6. The van der Waals surface area contributed by atoms with E-state index in [9.17, 15) is 4.79 Å². The highest BCUT2D eigenvalue weighted by Gasteiger charge is 2.14. The largest absolute Gasteiger partial charge is 0.492 e. The summed E-state index contributed by atoms with van der Waals surface area (Å²) in [7, 11) is 0. The molecule has 5 rings (SSSR count). The number of hydrogen-bond acceptors (Lipinski definition) is 4. The van der Waals surface area contributed by atoms with Crippen LogP contribution in [0.3, 0.4) is 0 Å². The number of anilines is 1. The molecule has 1 saturated heterocycles. The highest BCUT2D eigenvalue weighted by atomic mass is 35.5. The monoisotopic (exact) mass is 520 g/mol. The molecule has 0 spiro atoms. The number of morpholine rings is 1. The lowest BCUT2D eigenvalue weighted by atomic mass is 10.0. The number of halogens is 2. The molecule has 0 radical (unpaired) electrons. The van der Waals surface area contributed by atoms with Crippen LogP contribution in [-0.4, -0.2) is 50.3 Å². The van der Waals surface area contributed by atoms with Crippen LogP contribution >= 0.6 is 23.2 Å². The number of rotatable bonds is 7. The number of carbonyl (C=O) groups excluding carboxylic acids is 1. The Bertz CT molecular complexity index is 1390. The van der Waals surface area contributed by atoms with Gasteiger partial charge in [0, 0.05) is 57.3 Å². The minimum atomic E-state index is -0.207. The van der Waals surface area contributed by atoms with Crippen molar-refractivity contribution in [3.05, 3.63) is 94.5 Å². The summed E-state index contributed by atoms with van der Waals surface area (Å²) in [6.07, 6.45) is 0. The smallest absolute Gasteiger partial charge is 0.255 e. The van der Waals surface area contributed by atoms with Crippen LogP contribution in [0.15, 0.2) is 78.9 Å². The van der Waals surface area contributed by atoms with Gasteiger partial charge in [0.2, 0.25) is 0 Å². The fourth-order valence-electron chi connectivity index (χ4n) is 4.36. The van der Waals surface area contributed by atoms with Gasteiger partial charge in [-0.3, -0.25) is 9.69 Å². The molecule has 1 amide bonds. The van der Waals surface area contributed by atoms with Gasteiger partial charge in [0.05, 0.1) is 13.2 Å². The topological polar surface area (TPSA) is 50.8 Å². The van der Waals surface area contributed by atoms with E-state index < -0.39 is 0 Å². The number of fused-ring (bicyclic) bond motifs is 1. The van der Waals surface area contributed by atoms with Crippen LogP contribution in [0, 0.1) is 0 Å². The maximum absolute atomic E-state index is 13.2. The van der Waals surface area contributed by atoms with E-state index in [0.29, 0.717) is 22.2 Å². The van der Waals surface area contributed by atoms with Crippen molar-refractivity contribution >= 4 is 45.6 Å². The number of amides is 1. The lowest BCUT2D eigenvalue weighted by Gasteiger charge is -2.26. The van der Waals surface area contributed by atoms with Gasteiger partial charge in [-0.15, -0.1) is 0 Å². The maximum atomic E-state index is 13.2. The molecule has 7 heteroatoms. The summed E-state index contributed by atoms with van der Waals surface area (Å²) in [5, 5.41) is 6.10. The van der Waals surface area contributed by atoms with Gasteiger partial charge in [0.15, 0.2) is 0 Å². The van der Waals surface area contributed by atoms with E-state index in [1.807, 2.05) is 54.6 Å². The van der Waals surface area contributed by atoms with Crippen LogP contribution in [-0.2, 0) is 4.74 Å². The number of carbonyl (C=O) groups is 1. The molecule has 0 aliphatic carbocycles. The van der Waals surface area contributed by atoms with E-state index in [1.54, 1.807) is 24.3 Å². The Morgan fingerprint density at radius 3 is 2.56 bits per heavy atom. The van der Waals surface area contributed by atoms with E-state index in [1.165, 1.54) is 0 Å². The standard InChI is InChI=1S/C29H26Cl2N2O3/c30-22-8-9-26(31)25(19-22)20-4-3-5-21(18-20)29(34)32-27-10-11-28(24-7-2-1-6-23(24)27)36-17-14-33-12-15-35-16-13-33/h1-11,18-19H,12-17H2,(H,32,34). The van der Waals surface area contributed by atoms with Gasteiger partial charge in [-0.25, -0.2) is 0 Å². The molecular formula is C29H26Cl2N2O3. The van der Waals surface area contributed by atoms with Crippen LogP contribution in [0.25, 0.3) is 21.9 Å². The molecule has 5 nitrogen and oxygen atoms in total. The summed E-state index contributed by atoms with van der Waals surface area (Å²) < 4.78 is 11.5. The van der Waals surface area contributed by atoms with Crippen molar-refractivity contribution < 1.29 is 14.3 Å². The van der Waals surface area contributed by atoms with Gasteiger partial charge >= 0.3 is 0 Å². The first-order chi connectivity index (χ1) is 17.6. The maximum Gasteiger partial charge on any atom is 0.255 e. The molecule has 4 aromatic rings. The first-order valence-corrected chi connectivity index (χ1v) is 12.7. The van der Waals surface area contributed by atoms with Crippen molar-refractivity contribution in [2.24, 2.45) is 0 Å². The van der Waals surface area contributed by atoms with Crippen LogP contribution in [0.4, 0.5) is 5.69 Å². The number of nitrogens with one attached hydrogen (secondary N) is 1. The molecule has 0 saturated carbocycles. The van der Waals surface area contributed by atoms with Crippen molar-refractivity contribution in [3.63, 3.8) is 0 Å². The third-order valence-corrected chi connectivity index (χ3v) is 6.83. The fraction of sp³-hybridized carbons (Fsp3) is 0.207. The van der Waals surface area contributed by atoms with Gasteiger partial charge in [0.1, 0.15) is 12.4 Å². The third-order valence-electron chi connectivity index (χ3n) is 6.27. The molecule has 0 aromatic heterocycles. The minimum Gasteiger partial charge on any atom is -0.492 e. The second-order valence-corrected chi connectivity index (χ2v) is 9.46. The highest BCUT2D eigenvalue weighted by Crippen LogP contribution is 2.33. The predicted molar refractivity (Wildman–Crippen MR) is 147 cm³/mol. The number of ether oxygens (including phenoxy) is 2. The molecule has 1 fully saturated rings. The molecule has 1 N–H and O–H groups in total. The van der Waals surface area contributed by atoms with Gasteiger partial charge < -0.3 is 14.8 Å². The lowest BCUT2D eigenvalue weighted by molar-refractivity contribution is 0.0323. The summed E-state index contributed by atoms with van der Waals surface area (Å²) in [5.41, 5.74) is 2.85. The predicted octanol–water partition coefficient (Wildman–Crippen LogP) is 6.78. The zero-order valence-corrected chi connectivity index (χ0v) is 21.2. The van der Waals surface area contributed by atoms with Crippen LogP contribution < -0.4 is 10.1 Å². The second-order valence-electron chi connectivity index (χ2n) is 8.62. The normalized spacial score (nSPS) is 14.1. The minimum absolute atomic E-state index is 0.207. The van der Waals surface area contributed by atoms with Crippen LogP contribution in [0.1, 0.15) is 10.4 Å². The summed E-state index contributed by atoms with van der Waals surface area (Å²) in [5.74, 6) is 0.593. The van der Waals surface area contributed by atoms with E-state index >= 15 is 0 Å². The summed E-state index contributed by atoms with van der Waals surface area (Å²) in [6, 6.07) is 24.4. The van der Waals surface area contributed by atoms with E-state index in [2.05, 4.69) is 10.2 Å². The first-order valence-electron chi connectivity index (χ1n) is 11.9. The highest BCUT2D eigenvalue weighted by molar-refractivity contribution is 6.35. The van der Waals surface area contributed by atoms with Gasteiger partial charge in [-0.2, -0.15) is 0 Å². The number of hydrogen-bond donors (Lipinski definition) is 1. The van der Waals surface area contributed by atoms with Crippen molar-refractivity contribution in [1.29, 1.82) is 0 Å². The Labute approximate surface area is 220 Å². The SMILES string of the molecule is O=C(Nc1ccc(OCCN2CCOCC2)c2ccccc12)c1cccc(-c2cc(Cl)ccc2Cl)c1. The lowest BCUT2D eigenvalue weighted by Crippen LogP contribution is -2.38. The summed E-state index contributed by atoms with van der Waals surface area (Å²) in [4.78, 5) is 15.5. The van der Waals surface area contributed by atoms with Crippen molar-refractivity contribution in [1.82, 2.24) is 4.90 Å². The van der Waals surface area contributed by atoms with Crippen molar-refractivity contribution in [2.45, 2.75) is 0 Å². The van der Waals surface area contributed by atoms with Crippen molar-refractivity contribution in [2.75, 3.05) is 44.8 Å². The zero-order valence-electron chi connectivity index (χ0n) is 19.7. The number of benzene rings is 4. The Morgan fingerprint density at radius 2 is 1.72 bits per heavy atom. The molecule has 1 aliphatic rings. The second kappa shape index (κ2) is 11.3. The summed E-state index contributed by atoms with van der Waals surface area (Å²) in [6.45, 7) is 4.84. The molecule has 36 heavy (non-hydrogen) atoms.